The molecule has 1 fully saturated rings. The highest BCUT2D eigenvalue weighted by Crippen LogP contribution is 2.29. The van der Waals surface area contributed by atoms with E-state index in [0.29, 0.717) is 25.7 Å². The summed E-state index contributed by atoms with van der Waals surface area (Å²) >= 11 is 0. The number of fused-ring (bicyclic) bond motifs is 1. The standard InChI is InChI=1S/C16H24N2O5/c1-16(2,3)23-15(22)17-11-7-5-4-6-10-8-9-12(14(20)21)18(10)13(11)19/h4-5,10-12H,6-9H2,1-3H3,(H,17,22)(H,20,21)/t10-,11-,12-/m0/s1. The maximum absolute atomic E-state index is 12.8. The minimum absolute atomic E-state index is 0.122. The first-order valence-corrected chi connectivity index (χ1v) is 7.88. The van der Waals surface area contributed by atoms with Crippen LogP contribution in [0.4, 0.5) is 4.79 Å². The van der Waals surface area contributed by atoms with Gasteiger partial charge in [-0.3, -0.25) is 4.79 Å². The lowest BCUT2D eigenvalue weighted by Gasteiger charge is -2.33. The van der Waals surface area contributed by atoms with Crippen molar-refractivity contribution in [1.29, 1.82) is 0 Å². The number of nitrogens with one attached hydrogen (secondary N) is 1. The van der Waals surface area contributed by atoms with Crippen LogP contribution in [0, 0.1) is 0 Å². The van der Waals surface area contributed by atoms with E-state index in [1.54, 1.807) is 20.8 Å². The number of aliphatic carboxylic acids is 1. The zero-order valence-corrected chi connectivity index (χ0v) is 13.7. The lowest BCUT2D eigenvalue weighted by atomic mass is 10.0. The van der Waals surface area contributed by atoms with Crippen LogP contribution in [-0.4, -0.2) is 51.7 Å². The van der Waals surface area contributed by atoms with Gasteiger partial charge in [-0.1, -0.05) is 12.2 Å². The van der Waals surface area contributed by atoms with Gasteiger partial charge in [-0.2, -0.15) is 0 Å². The molecular formula is C16H24N2O5. The highest BCUT2D eigenvalue weighted by Gasteiger charge is 2.43. The number of alkyl carbamates (subject to hydrolysis) is 1. The number of rotatable bonds is 2. The first-order chi connectivity index (χ1) is 10.7. The fourth-order valence-electron chi connectivity index (χ4n) is 3.03. The lowest BCUT2D eigenvalue weighted by molar-refractivity contribution is -0.150. The molecule has 0 aromatic rings. The summed E-state index contributed by atoms with van der Waals surface area (Å²) in [6.07, 6.45) is 5.20. The Balaban J connectivity index is 2.14. The molecule has 0 unspecified atom stereocenters. The van der Waals surface area contributed by atoms with E-state index in [1.807, 2.05) is 12.2 Å². The van der Waals surface area contributed by atoms with E-state index < -0.39 is 29.7 Å². The van der Waals surface area contributed by atoms with Crippen LogP contribution in [0.25, 0.3) is 0 Å². The average molecular weight is 324 g/mol. The van der Waals surface area contributed by atoms with Crippen molar-refractivity contribution >= 4 is 18.0 Å². The van der Waals surface area contributed by atoms with Gasteiger partial charge in [-0.25, -0.2) is 9.59 Å². The average Bonchev–Trinajstić information content (AvgIpc) is 2.81. The second-order valence-corrected chi connectivity index (χ2v) is 6.97. The van der Waals surface area contributed by atoms with E-state index in [2.05, 4.69) is 5.32 Å². The Labute approximate surface area is 135 Å². The van der Waals surface area contributed by atoms with Crippen molar-refractivity contribution in [2.75, 3.05) is 0 Å². The fraction of sp³-hybridized carbons (Fsp3) is 0.688. The molecule has 2 amide bonds. The van der Waals surface area contributed by atoms with E-state index in [-0.39, 0.29) is 11.9 Å². The van der Waals surface area contributed by atoms with Gasteiger partial charge in [0.2, 0.25) is 5.91 Å². The molecule has 2 heterocycles. The minimum Gasteiger partial charge on any atom is -0.480 e. The van der Waals surface area contributed by atoms with Crippen LogP contribution in [0.1, 0.15) is 46.5 Å². The van der Waals surface area contributed by atoms with Crippen molar-refractivity contribution in [2.24, 2.45) is 0 Å². The third-order valence-corrected chi connectivity index (χ3v) is 3.98. The van der Waals surface area contributed by atoms with Gasteiger partial charge in [-0.05, 0) is 46.5 Å². The molecule has 0 aromatic carbocycles. The quantitative estimate of drug-likeness (QED) is 0.753. The lowest BCUT2D eigenvalue weighted by Crippen LogP contribution is -2.54. The van der Waals surface area contributed by atoms with Crippen molar-refractivity contribution < 1.29 is 24.2 Å². The van der Waals surface area contributed by atoms with Crippen LogP contribution in [0.2, 0.25) is 0 Å². The number of hydrogen-bond donors (Lipinski definition) is 2. The summed E-state index contributed by atoms with van der Waals surface area (Å²) < 4.78 is 5.19. The molecule has 0 spiro atoms. The number of amides is 2. The summed E-state index contributed by atoms with van der Waals surface area (Å²) in [4.78, 5) is 37.5. The molecule has 0 aromatic heterocycles. The molecule has 7 heteroatoms. The van der Waals surface area contributed by atoms with Gasteiger partial charge >= 0.3 is 12.1 Å². The molecular weight excluding hydrogens is 300 g/mol. The van der Waals surface area contributed by atoms with Crippen molar-refractivity contribution in [2.45, 2.75) is 70.2 Å². The Bertz CT molecular complexity index is 523. The third-order valence-electron chi connectivity index (χ3n) is 3.98. The maximum Gasteiger partial charge on any atom is 0.408 e. The Hall–Kier alpha value is -2.05. The molecule has 1 saturated heterocycles. The Morgan fingerprint density at radius 1 is 1.26 bits per heavy atom. The van der Waals surface area contributed by atoms with Gasteiger partial charge in [0, 0.05) is 6.04 Å². The van der Waals surface area contributed by atoms with Gasteiger partial charge in [-0.15, -0.1) is 0 Å². The van der Waals surface area contributed by atoms with E-state index >= 15 is 0 Å². The normalized spacial score (nSPS) is 27.9. The van der Waals surface area contributed by atoms with Crippen LogP contribution in [0.15, 0.2) is 12.2 Å². The second kappa shape index (κ2) is 6.60. The van der Waals surface area contributed by atoms with Crippen LogP contribution in [0.5, 0.6) is 0 Å². The van der Waals surface area contributed by atoms with E-state index in [4.69, 9.17) is 4.74 Å². The first kappa shape index (κ1) is 17.3. The predicted molar refractivity (Wildman–Crippen MR) is 82.8 cm³/mol. The summed E-state index contributed by atoms with van der Waals surface area (Å²) in [5, 5.41) is 11.9. The first-order valence-electron chi connectivity index (χ1n) is 7.88. The molecule has 0 saturated carbocycles. The highest BCUT2D eigenvalue weighted by molar-refractivity contribution is 5.90. The summed E-state index contributed by atoms with van der Waals surface area (Å²) in [5.41, 5.74) is -0.662. The van der Waals surface area contributed by atoms with E-state index in [1.165, 1.54) is 4.90 Å². The summed E-state index contributed by atoms with van der Waals surface area (Å²) in [6.45, 7) is 5.22. The predicted octanol–water partition coefficient (Wildman–Crippen LogP) is 1.67. The monoisotopic (exact) mass is 324 g/mol. The van der Waals surface area contributed by atoms with Gasteiger partial charge in [0.1, 0.15) is 17.7 Å². The molecule has 2 rings (SSSR count). The van der Waals surface area contributed by atoms with Gasteiger partial charge in [0.15, 0.2) is 0 Å². The van der Waals surface area contributed by atoms with Crippen molar-refractivity contribution in [1.82, 2.24) is 10.2 Å². The molecule has 23 heavy (non-hydrogen) atoms. The van der Waals surface area contributed by atoms with Crippen LogP contribution in [-0.2, 0) is 14.3 Å². The Morgan fingerprint density at radius 2 is 1.91 bits per heavy atom. The number of ether oxygens (including phenoxy) is 1. The number of carboxylic acids is 1. The Morgan fingerprint density at radius 3 is 2.52 bits per heavy atom. The number of carbonyl (C=O) groups is 3. The van der Waals surface area contributed by atoms with Crippen LogP contribution in [0.3, 0.4) is 0 Å². The summed E-state index contributed by atoms with van der Waals surface area (Å²) in [6, 6.07) is -1.74. The molecule has 0 bridgehead atoms. The number of carbonyl (C=O) groups excluding carboxylic acids is 2. The third kappa shape index (κ3) is 4.24. The fourth-order valence-corrected chi connectivity index (χ4v) is 3.03. The van der Waals surface area contributed by atoms with Gasteiger partial charge < -0.3 is 20.1 Å². The molecule has 128 valence electrons. The smallest absolute Gasteiger partial charge is 0.408 e. The maximum atomic E-state index is 12.8. The largest absolute Gasteiger partial charge is 0.480 e. The van der Waals surface area contributed by atoms with Gasteiger partial charge in [0.05, 0.1) is 0 Å². The molecule has 7 nitrogen and oxygen atoms in total. The highest BCUT2D eigenvalue weighted by atomic mass is 16.6. The number of hydrogen-bond acceptors (Lipinski definition) is 4. The zero-order valence-electron chi connectivity index (χ0n) is 13.7. The number of carboxylic acid groups (broad SMARTS) is 1. The summed E-state index contributed by atoms with van der Waals surface area (Å²) in [7, 11) is 0. The molecule has 2 aliphatic heterocycles. The number of nitrogens with zero attached hydrogens (tertiary/aromatic N) is 1. The zero-order chi connectivity index (χ0) is 17.2. The topological polar surface area (TPSA) is 95.9 Å². The second-order valence-electron chi connectivity index (χ2n) is 6.97. The van der Waals surface area contributed by atoms with Crippen molar-refractivity contribution in [3.8, 4) is 0 Å². The molecule has 3 atom stereocenters. The van der Waals surface area contributed by atoms with Crippen LogP contribution >= 0.6 is 0 Å². The minimum atomic E-state index is -0.999. The molecule has 0 radical (unpaired) electrons. The van der Waals surface area contributed by atoms with E-state index in [9.17, 15) is 19.5 Å². The van der Waals surface area contributed by atoms with E-state index in [0.717, 1.165) is 0 Å². The Kier molecular flexibility index (Phi) is 4.97. The van der Waals surface area contributed by atoms with Crippen molar-refractivity contribution in [3.05, 3.63) is 12.2 Å². The van der Waals surface area contributed by atoms with Gasteiger partial charge in [0.25, 0.3) is 0 Å². The molecule has 0 aliphatic carbocycles. The molecule has 2 N–H and O–H groups in total. The van der Waals surface area contributed by atoms with Crippen LogP contribution < -0.4 is 5.32 Å². The summed E-state index contributed by atoms with van der Waals surface area (Å²) in [5.74, 6) is -1.35. The van der Waals surface area contributed by atoms with Crippen molar-refractivity contribution in [3.63, 3.8) is 0 Å². The molecule has 2 aliphatic rings. The SMILES string of the molecule is CC(C)(C)OC(=O)N[C@H]1CC=CC[C@H]2CC[C@@H](C(=O)O)N2C1=O.